The van der Waals surface area contributed by atoms with Crippen LogP contribution < -0.4 is 5.32 Å². The number of amides is 1. The van der Waals surface area contributed by atoms with Gasteiger partial charge in [-0.05, 0) is 20.8 Å². The van der Waals surface area contributed by atoms with E-state index in [2.05, 4.69) is 34.5 Å². The SMILES string of the molecule is CC(=O)c1c(C)nn(CCC(=O)Nc2nnc(SC(C)C)s2)c1C. The largest absolute Gasteiger partial charge is 0.300 e. The van der Waals surface area contributed by atoms with E-state index in [9.17, 15) is 9.59 Å². The van der Waals surface area contributed by atoms with Gasteiger partial charge in [-0.25, -0.2) is 0 Å². The molecular weight excluding hydrogens is 346 g/mol. The summed E-state index contributed by atoms with van der Waals surface area (Å²) < 4.78 is 2.54. The second-order valence-corrected chi connectivity index (χ2v) is 8.46. The van der Waals surface area contributed by atoms with Gasteiger partial charge in [0.15, 0.2) is 10.1 Å². The van der Waals surface area contributed by atoms with E-state index in [1.807, 2.05) is 6.92 Å². The van der Waals surface area contributed by atoms with Gasteiger partial charge in [0.25, 0.3) is 0 Å². The molecule has 0 radical (unpaired) electrons. The topological polar surface area (TPSA) is 89.8 Å². The lowest BCUT2D eigenvalue weighted by Gasteiger charge is -2.04. The lowest BCUT2D eigenvalue weighted by molar-refractivity contribution is -0.116. The summed E-state index contributed by atoms with van der Waals surface area (Å²) in [6.07, 6.45) is 0.255. The van der Waals surface area contributed by atoms with Gasteiger partial charge in [0.1, 0.15) is 0 Å². The van der Waals surface area contributed by atoms with E-state index < -0.39 is 0 Å². The third-order valence-corrected chi connectivity index (χ3v) is 5.20. The van der Waals surface area contributed by atoms with Gasteiger partial charge in [0.05, 0.1) is 11.3 Å². The van der Waals surface area contributed by atoms with E-state index in [1.54, 1.807) is 23.4 Å². The van der Waals surface area contributed by atoms with Gasteiger partial charge < -0.3 is 5.32 Å². The number of thioether (sulfide) groups is 1. The van der Waals surface area contributed by atoms with Gasteiger partial charge in [-0.1, -0.05) is 36.9 Å². The first-order valence-electron chi connectivity index (χ1n) is 7.63. The van der Waals surface area contributed by atoms with E-state index in [-0.39, 0.29) is 18.1 Å². The first kappa shape index (κ1) is 18.6. The molecule has 0 aliphatic heterocycles. The van der Waals surface area contributed by atoms with Crippen molar-refractivity contribution >= 4 is 39.9 Å². The molecule has 2 heterocycles. The lowest BCUT2D eigenvalue weighted by atomic mass is 10.1. The molecule has 0 aromatic carbocycles. The van der Waals surface area contributed by atoms with Gasteiger partial charge in [-0.15, -0.1) is 10.2 Å². The van der Waals surface area contributed by atoms with Gasteiger partial charge in [0.2, 0.25) is 11.0 Å². The number of rotatable bonds is 7. The van der Waals surface area contributed by atoms with Crippen molar-refractivity contribution < 1.29 is 9.59 Å². The van der Waals surface area contributed by atoms with Gasteiger partial charge in [0, 0.05) is 23.9 Å². The van der Waals surface area contributed by atoms with Crippen LogP contribution in [0.5, 0.6) is 0 Å². The molecule has 0 aliphatic rings. The lowest BCUT2D eigenvalue weighted by Crippen LogP contribution is -2.15. The van der Waals surface area contributed by atoms with Crippen molar-refractivity contribution in [3.8, 4) is 0 Å². The summed E-state index contributed by atoms with van der Waals surface area (Å²) >= 11 is 2.98. The number of carbonyl (C=O) groups is 2. The Hall–Kier alpha value is -1.74. The van der Waals surface area contributed by atoms with Gasteiger partial charge in [-0.2, -0.15) is 5.10 Å². The molecule has 0 atom stereocenters. The zero-order chi connectivity index (χ0) is 17.9. The van der Waals surface area contributed by atoms with E-state index in [0.29, 0.717) is 28.2 Å². The summed E-state index contributed by atoms with van der Waals surface area (Å²) in [5.74, 6) is -0.158. The number of nitrogens with one attached hydrogen (secondary N) is 1. The van der Waals surface area contributed by atoms with Gasteiger partial charge in [-0.3, -0.25) is 14.3 Å². The maximum atomic E-state index is 12.1. The van der Waals surface area contributed by atoms with Crippen molar-refractivity contribution in [1.82, 2.24) is 20.0 Å². The third kappa shape index (κ3) is 4.64. The second-order valence-electron chi connectivity index (χ2n) is 5.66. The van der Waals surface area contributed by atoms with Crippen LogP contribution in [0.1, 0.15) is 48.9 Å². The fourth-order valence-electron chi connectivity index (χ4n) is 2.32. The Kier molecular flexibility index (Phi) is 6.11. The molecule has 0 saturated carbocycles. The van der Waals surface area contributed by atoms with Crippen molar-refractivity contribution in [1.29, 1.82) is 0 Å². The number of ketones is 1. The average Bonchev–Trinajstić information content (AvgIpc) is 3.00. The Morgan fingerprint density at radius 1 is 1.29 bits per heavy atom. The Labute approximate surface area is 149 Å². The Balaban J connectivity index is 1.93. The molecule has 0 aliphatic carbocycles. The minimum atomic E-state index is -0.149. The number of anilines is 1. The minimum absolute atomic E-state index is 0.00950. The van der Waals surface area contributed by atoms with Crippen LogP contribution in [-0.2, 0) is 11.3 Å². The Bertz CT molecular complexity index is 751. The molecule has 2 rings (SSSR count). The second kappa shape index (κ2) is 7.89. The number of Topliss-reactive ketones (excluding diaryl/α,β-unsaturated/α-hetero) is 1. The van der Waals surface area contributed by atoms with Crippen molar-refractivity contribution in [2.75, 3.05) is 5.32 Å². The molecule has 24 heavy (non-hydrogen) atoms. The number of aryl methyl sites for hydroxylation is 2. The number of carbonyl (C=O) groups excluding carboxylic acids is 2. The summed E-state index contributed by atoms with van der Waals surface area (Å²) in [5.41, 5.74) is 2.12. The van der Waals surface area contributed by atoms with Crippen molar-refractivity contribution in [2.45, 2.75) is 57.2 Å². The molecule has 0 unspecified atom stereocenters. The predicted molar refractivity (Wildman–Crippen MR) is 95.9 cm³/mol. The molecule has 1 amide bonds. The van der Waals surface area contributed by atoms with E-state index in [4.69, 9.17) is 0 Å². The van der Waals surface area contributed by atoms with Crippen LogP contribution in [0.3, 0.4) is 0 Å². The fraction of sp³-hybridized carbons (Fsp3) is 0.533. The number of hydrogen-bond donors (Lipinski definition) is 1. The van der Waals surface area contributed by atoms with Crippen molar-refractivity contribution in [3.05, 3.63) is 17.0 Å². The van der Waals surface area contributed by atoms with Crippen LogP contribution in [0.25, 0.3) is 0 Å². The van der Waals surface area contributed by atoms with Crippen LogP contribution in [0.15, 0.2) is 4.34 Å². The quantitative estimate of drug-likeness (QED) is 0.459. The van der Waals surface area contributed by atoms with Crippen LogP contribution in [-0.4, -0.2) is 36.9 Å². The molecular formula is C15H21N5O2S2. The molecule has 2 aromatic rings. The zero-order valence-corrected chi connectivity index (χ0v) is 16.0. The average molecular weight is 368 g/mol. The maximum Gasteiger partial charge on any atom is 0.228 e. The summed E-state index contributed by atoms with van der Waals surface area (Å²) in [7, 11) is 0. The number of aromatic nitrogens is 4. The minimum Gasteiger partial charge on any atom is -0.300 e. The summed E-state index contributed by atoms with van der Waals surface area (Å²) in [6, 6.07) is 0. The normalized spacial score (nSPS) is 11.1. The summed E-state index contributed by atoms with van der Waals surface area (Å²) in [5, 5.41) is 16.0. The maximum absolute atomic E-state index is 12.1. The van der Waals surface area contributed by atoms with Crippen LogP contribution in [0, 0.1) is 13.8 Å². The Morgan fingerprint density at radius 3 is 2.58 bits per heavy atom. The first-order chi connectivity index (χ1) is 11.3. The highest BCUT2D eigenvalue weighted by Crippen LogP contribution is 2.28. The monoisotopic (exact) mass is 367 g/mol. The van der Waals surface area contributed by atoms with Crippen LogP contribution in [0.2, 0.25) is 0 Å². The molecule has 7 nitrogen and oxygen atoms in total. The molecule has 2 aromatic heterocycles. The van der Waals surface area contributed by atoms with Crippen LogP contribution in [0.4, 0.5) is 5.13 Å². The van der Waals surface area contributed by atoms with Crippen molar-refractivity contribution in [2.24, 2.45) is 0 Å². The third-order valence-electron chi connectivity index (χ3n) is 3.27. The fourth-order valence-corrected chi connectivity index (χ4v) is 4.31. The standard InChI is InChI=1S/C15H21N5O2S2/c1-8(2)23-15-18-17-14(24-15)16-12(22)6-7-20-10(4)13(11(5)21)9(3)19-20/h8H,6-7H2,1-5H3,(H,16,17,22). The molecule has 0 fully saturated rings. The highest BCUT2D eigenvalue weighted by atomic mass is 32.2. The summed E-state index contributed by atoms with van der Waals surface area (Å²) in [4.78, 5) is 23.7. The van der Waals surface area contributed by atoms with E-state index >= 15 is 0 Å². The predicted octanol–water partition coefficient (Wildman–Crippen LogP) is 3.08. The van der Waals surface area contributed by atoms with Crippen molar-refractivity contribution in [3.63, 3.8) is 0 Å². The smallest absolute Gasteiger partial charge is 0.228 e. The van der Waals surface area contributed by atoms with Gasteiger partial charge >= 0.3 is 0 Å². The number of hydrogen-bond acceptors (Lipinski definition) is 7. The molecule has 9 heteroatoms. The summed E-state index contributed by atoms with van der Waals surface area (Å²) in [6.45, 7) is 9.74. The zero-order valence-electron chi connectivity index (χ0n) is 14.4. The number of nitrogens with zero attached hydrogens (tertiary/aromatic N) is 4. The first-order valence-corrected chi connectivity index (χ1v) is 9.32. The Morgan fingerprint density at radius 2 is 2.00 bits per heavy atom. The van der Waals surface area contributed by atoms with E-state index in [0.717, 1.165) is 10.0 Å². The van der Waals surface area contributed by atoms with E-state index in [1.165, 1.54) is 18.3 Å². The molecule has 0 spiro atoms. The molecule has 1 N–H and O–H groups in total. The molecule has 130 valence electrons. The van der Waals surface area contributed by atoms with Crippen LogP contribution >= 0.6 is 23.1 Å². The highest BCUT2D eigenvalue weighted by molar-refractivity contribution is 8.01. The molecule has 0 bridgehead atoms. The molecule has 0 saturated heterocycles. The highest BCUT2D eigenvalue weighted by Gasteiger charge is 2.16.